The summed E-state index contributed by atoms with van der Waals surface area (Å²) in [5, 5.41) is 2.80. The first-order chi connectivity index (χ1) is 11.6. The molecule has 0 spiro atoms. The normalized spacial score (nSPS) is 12.2. The van der Waals surface area contributed by atoms with Gasteiger partial charge in [0.25, 0.3) is 5.91 Å². The van der Waals surface area contributed by atoms with E-state index < -0.39 is 15.6 Å². The van der Waals surface area contributed by atoms with Crippen LogP contribution in [0.2, 0.25) is 0 Å². The lowest BCUT2D eigenvalue weighted by atomic mass is 10.1. The number of hydrogen-bond acceptors (Lipinski definition) is 4. The fraction of sp³-hybridized carbons (Fsp3) is 0.412. The Kier molecular flexibility index (Phi) is 5.64. The van der Waals surface area contributed by atoms with E-state index in [0.29, 0.717) is 18.5 Å². The summed E-state index contributed by atoms with van der Waals surface area (Å²) in [5.41, 5.74) is -0.158. The van der Waals surface area contributed by atoms with Crippen molar-refractivity contribution in [2.45, 2.75) is 37.6 Å². The van der Waals surface area contributed by atoms with Crippen molar-refractivity contribution in [3.63, 3.8) is 0 Å². The largest absolute Gasteiger partial charge is 0.352 e. The Bertz CT molecular complexity index is 834. The highest BCUT2D eigenvalue weighted by atomic mass is 32.2. The number of hydrogen-bond donors (Lipinski definition) is 2. The summed E-state index contributed by atoms with van der Waals surface area (Å²) in [6.07, 6.45) is 4.18. The molecule has 2 rings (SSSR count). The second kappa shape index (κ2) is 7.37. The van der Waals surface area contributed by atoms with Gasteiger partial charge in [-0.3, -0.25) is 4.79 Å². The van der Waals surface area contributed by atoms with Crippen LogP contribution in [-0.2, 0) is 23.5 Å². The molecule has 0 unspecified atom stereocenters. The smallest absolute Gasteiger partial charge is 0.251 e. The van der Waals surface area contributed by atoms with Gasteiger partial charge in [0.05, 0.1) is 4.90 Å². The molecule has 2 N–H and O–H groups in total. The van der Waals surface area contributed by atoms with Crippen molar-refractivity contribution in [1.82, 2.24) is 19.6 Å². The van der Waals surface area contributed by atoms with Gasteiger partial charge >= 0.3 is 0 Å². The Morgan fingerprint density at radius 2 is 1.84 bits per heavy atom. The highest BCUT2D eigenvalue weighted by molar-refractivity contribution is 7.89. The van der Waals surface area contributed by atoms with E-state index in [4.69, 9.17) is 0 Å². The Labute approximate surface area is 148 Å². The van der Waals surface area contributed by atoms with Gasteiger partial charge in [-0.25, -0.2) is 18.1 Å². The van der Waals surface area contributed by atoms with Gasteiger partial charge < -0.3 is 9.88 Å². The van der Waals surface area contributed by atoms with Gasteiger partial charge in [-0.05, 0) is 45.0 Å². The van der Waals surface area contributed by atoms with Crippen LogP contribution >= 0.6 is 0 Å². The second-order valence-corrected chi connectivity index (χ2v) is 8.52. The van der Waals surface area contributed by atoms with E-state index in [2.05, 4.69) is 15.0 Å². The predicted octanol–water partition coefficient (Wildman–Crippen LogP) is 1.47. The van der Waals surface area contributed by atoms with Gasteiger partial charge in [-0.15, -0.1) is 0 Å². The molecule has 7 nitrogen and oxygen atoms in total. The maximum Gasteiger partial charge on any atom is 0.251 e. The highest BCUT2D eigenvalue weighted by Gasteiger charge is 2.22. The Hall–Kier alpha value is -2.19. The SMILES string of the molecule is Cn1ccnc1CCNC(=O)c1ccc(S(=O)(=O)NC(C)(C)C)cc1. The lowest BCUT2D eigenvalue weighted by molar-refractivity contribution is 0.0954. The fourth-order valence-electron chi connectivity index (χ4n) is 2.27. The van der Waals surface area contributed by atoms with Crippen LogP contribution in [0.15, 0.2) is 41.6 Å². The molecule has 0 bridgehead atoms. The van der Waals surface area contributed by atoms with E-state index >= 15 is 0 Å². The maximum absolute atomic E-state index is 12.2. The van der Waals surface area contributed by atoms with Crippen LogP contribution in [0, 0.1) is 0 Å². The Morgan fingerprint density at radius 3 is 2.36 bits per heavy atom. The summed E-state index contributed by atoms with van der Waals surface area (Å²) in [5.74, 6) is 0.636. The quantitative estimate of drug-likeness (QED) is 0.812. The number of nitrogens with zero attached hydrogens (tertiary/aromatic N) is 2. The van der Waals surface area contributed by atoms with Crippen molar-refractivity contribution in [2.24, 2.45) is 7.05 Å². The van der Waals surface area contributed by atoms with Crippen molar-refractivity contribution < 1.29 is 13.2 Å². The summed E-state index contributed by atoms with van der Waals surface area (Å²) in [7, 11) is -1.71. The van der Waals surface area contributed by atoms with Crippen LogP contribution in [0.4, 0.5) is 0 Å². The van der Waals surface area contributed by atoms with Crippen LogP contribution in [0.25, 0.3) is 0 Å². The van der Waals surface area contributed by atoms with Crippen LogP contribution < -0.4 is 10.0 Å². The van der Waals surface area contributed by atoms with Gasteiger partial charge in [0.1, 0.15) is 5.82 Å². The number of carbonyl (C=O) groups excluding carboxylic acids is 1. The molecule has 8 heteroatoms. The molecule has 0 saturated heterocycles. The van der Waals surface area contributed by atoms with E-state index in [1.807, 2.05) is 17.8 Å². The van der Waals surface area contributed by atoms with E-state index in [-0.39, 0.29) is 10.8 Å². The van der Waals surface area contributed by atoms with Gasteiger partial charge in [0, 0.05) is 43.5 Å². The topological polar surface area (TPSA) is 93.1 Å². The summed E-state index contributed by atoms with van der Waals surface area (Å²) < 4.78 is 29.0. The van der Waals surface area contributed by atoms with E-state index in [0.717, 1.165) is 5.82 Å². The molecule has 1 aromatic carbocycles. The number of carbonyl (C=O) groups is 1. The molecule has 1 aromatic heterocycles. The molecular formula is C17H24N4O3S. The minimum Gasteiger partial charge on any atom is -0.352 e. The average molecular weight is 364 g/mol. The number of nitrogens with one attached hydrogen (secondary N) is 2. The molecule has 25 heavy (non-hydrogen) atoms. The van der Waals surface area contributed by atoms with Gasteiger partial charge in [-0.1, -0.05) is 0 Å². The van der Waals surface area contributed by atoms with Crippen molar-refractivity contribution in [1.29, 1.82) is 0 Å². The maximum atomic E-state index is 12.2. The number of sulfonamides is 1. The summed E-state index contributed by atoms with van der Waals surface area (Å²) in [6, 6.07) is 5.88. The van der Waals surface area contributed by atoms with Crippen molar-refractivity contribution in [3.8, 4) is 0 Å². The van der Waals surface area contributed by atoms with Crippen LogP contribution in [0.1, 0.15) is 37.0 Å². The summed E-state index contributed by atoms with van der Waals surface area (Å²) in [6.45, 7) is 5.77. The average Bonchev–Trinajstić information content (AvgIpc) is 2.90. The molecule has 0 fully saturated rings. The van der Waals surface area contributed by atoms with Crippen LogP contribution in [0.3, 0.4) is 0 Å². The molecule has 0 aliphatic heterocycles. The summed E-state index contributed by atoms with van der Waals surface area (Å²) >= 11 is 0. The Morgan fingerprint density at radius 1 is 1.20 bits per heavy atom. The number of aryl methyl sites for hydroxylation is 1. The van der Waals surface area contributed by atoms with Gasteiger partial charge in [-0.2, -0.15) is 0 Å². The van der Waals surface area contributed by atoms with Gasteiger partial charge in [0.2, 0.25) is 10.0 Å². The van der Waals surface area contributed by atoms with Crippen LogP contribution in [0.5, 0.6) is 0 Å². The molecule has 1 heterocycles. The molecule has 0 aliphatic rings. The molecule has 0 saturated carbocycles. The molecule has 0 aliphatic carbocycles. The molecule has 136 valence electrons. The molecule has 0 atom stereocenters. The minimum absolute atomic E-state index is 0.131. The number of rotatable bonds is 6. The number of imidazole rings is 1. The molecular weight excluding hydrogens is 340 g/mol. The highest BCUT2D eigenvalue weighted by Crippen LogP contribution is 2.14. The fourth-order valence-corrected chi connectivity index (χ4v) is 3.69. The lowest BCUT2D eigenvalue weighted by Crippen LogP contribution is -2.40. The lowest BCUT2D eigenvalue weighted by Gasteiger charge is -2.20. The number of benzene rings is 1. The van der Waals surface area contributed by atoms with Crippen LogP contribution in [-0.4, -0.2) is 36.0 Å². The van der Waals surface area contributed by atoms with Crippen molar-refractivity contribution >= 4 is 15.9 Å². The summed E-state index contributed by atoms with van der Waals surface area (Å²) in [4.78, 5) is 16.5. The van der Waals surface area contributed by atoms with Gasteiger partial charge in [0.15, 0.2) is 0 Å². The monoisotopic (exact) mass is 364 g/mol. The second-order valence-electron chi connectivity index (χ2n) is 6.84. The molecule has 1 amide bonds. The number of aromatic nitrogens is 2. The zero-order chi connectivity index (χ0) is 18.7. The van der Waals surface area contributed by atoms with Crippen molar-refractivity contribution in [3.05, 3.63) is 48.0 Å². The predicted molar refractivity (Wildman–Crippen MR) is 95.8 cm³/mol. The third-order valence-corrected chi connectivity index (χ3v) is 5.20. The Balaban J connectivity index is 1.97. The van der Waals surface area contributed by atoms with E-state index in [9.17, 15) is 13.2 Å². The molecule has 2 aromatic rings. The first kappa shape index (κ1) is 19.1. The minimum atomic E-state index is -3.60. The zero-order valence-corrected chi connectivity index (χ0v) is 15.7. The number of amides is 1. The first-order valence-corrected chi connectivity index (χ1v) is 9.45. The molecule has 0 radical (unpaired) electrons. The first-order valence-electron chi connectivity index (χ1n) is 7.97. The third-order valence-electron chi connectivity index (χ3n) is 3.42. The third kappa shape index (κ3) is 5.40. The van der Waals surface area contributed by atoms with E-state index in [1.165, 1.54) is 24.3 Å². The standard InChI is InChI=1S/C17H24N4O3S/c1-17(2,3)20-25(23,24)14-7-5-13(6-8-14)16(22)19-10-9-15-18-11-12-21(15)4/h5-8,11-12,20H,9-10H2,1-4H3,(H,19,22). The van der Waals surface area contributed by atoms with E-state index in [1.54, 1.807) is 27.0 Å². The zero-order valence-electron chi connectivity index (χ0n) is 14.9. The van der Waals surface area contributed by atoms with Crippen molar-refractivity contribution in [2.75, 3.05) is 6.54 Å².